The zero-order valence-corrected chi connectivity index (χ0v) is 9.09. The second-order valence-corrected chi connectivity index (χ2v) is 4.77. The molecule has 12 heavy (non-hydrogen) atoms. The molecule has 1 saturated carbocycles. The molecule has 1 rings (SSSR count). The van der Waals surface area contributed by atoms with Gasteiger partial charge in [-0.25, -0.2) is 0 Å². The van der Waals surface area contributed by atoms with Gasteiger partial charge >= 0.3 is 0 Å². The summed E-state index contributed by atoms with van der Waals surface area (Å²) >= 11 is 0. The molecule has 0 aliphatic heterocycles. The van der Waals surface area contributed by atoms with E-state index in [4.69, 9.17) is 0 Å². The summed E-state index contributed by atoms with van der Waals surface area (Å²) in [7, 11) is 0. The summed E-state index contributed by atoms with van der Waals surface area (Å²) in [6.45, 7) is 12.1. The van der Waals surface area contributed by atoms with Crippen LogP contribution in [0, 0.1) is 29.6 Å². The van der Waals surface area contributed by atoms with Crippen molar-refractivity contribution in [2.45, 2.75) is 41.0 Å². The van der Waals surface area contributed by atoms with Crippen LogP contribution in [0.5, 0.6) is 0 Å². The van der Waals surface area contributed by atoms with Crippen molar-refractivity contribution in [2.75, 3.05) is 0 Å². The first-order chi connectivity index (χ1) is 5.04. The van der Waals surface area contributed by atoms with E-state index in [9.17, 15) is 0 Å². The average molecular weight is 172 g/mol. The fourth-order valence-electron chi connectivity index (χ4n) is 2.53. The molecule has 2 N–H and O–H groups in total. The lowest BCUT2D eigenvalue weighted by Crippen LogP contribution is -2.33. The monoisotopic (exact) mass is 172 g/mol. The predicted molar refractivity (Wildman–Crippen MR) is 54.1 cm³/mol. The highest BCUT2D eigenvalue weighted by Gasteiger charge is 2.33. The molecule has 4 atom stereocenters. The molecule has 0 bridgehead atoms. The third kappa shape index (κ3) is 2.01. The fourth-order valence-corrected chi connectivity index (χ4v) is 2.53. The van der Waals surface area contributed by atoms with Crippen LogP contribution in [-0.4, -0.2) is 5.48 Å². The molecule has 4 unspecified atom stereocenters. The zero-order chi connectivity index (χ0) is 8.59. The van der Waals surface area contributed by atoms with Crippen molar-refractivity contribution in [3.8, 4) is 0 Å². The topological polar surface area (TPSA) is 31.5 Å². The van der Waals surface area contributed by atoms with Crippen LogP contribution in [0.3, 0.4) is 0 Å². The van der Waals surface area contributed by atoms with E-state index < -0.39 is 0 Å². The summed E-state index contributed by atoms with van der Waals surface area (Å²) in [5.41, 5.74) is 0. The van der Waals surface area contributed by atoms with E-state index in [0.29, 0.717) is 0 Å². The highest BCUT2D eigenvalue weighted by atomic mass is 16.0. The summed E-state index contributed by atoms with van der Waals surface area (Å²) in [5, 5.41) is 0. The van der Waals surface area contributed by atoms with E-state index in [-0.39, 0.29) is 5.48 Å². The minimum Gasteiger partial charge on any atom is -0.412 e. The molecule has 1 aliphatic rings. The molecule has 74 valence electrons. The lowest BCUT2D eigenvalue weighted by Gasteiger charge is -2.41. The summed E-state index contributed by atoms with van der Waals surface area (Å²) in [6, 6.07) is 0. The van der Waals surface area contributed by atoms with Crippen LogP contribution in [-0.2, 0) is 0 Å². The lowest BCUT2D eigenvalue weighted by atomic mass is 9.65. The van der Waals surface area contributed by atoms with E-state index in [1.165, 1.54) is 6.42 Å². The largest absolute Gasteiger partial charge is 0.412 e. The van der Waals surface area contributed by atoms with Crippen LogP contribution in [0.1, 0.15) is 41.0 Å². The van der Waals surface area contributed by atoms with Crippen molar-refractivity contribution in [1.82, 2.24) is 0 Å². The lowest BCUT2D eigenvalue weighted by molar-refractivity contribution is 0.0855. The molecule has 0 heterocycles. The number of hydrogen-bond donors (Lipinski definition) is 0. The van der Waals surface area contributed by atoms with Crippen molar-refractivity contribution >= 4 is 0 Å². The Labute approximate surface area is 76.9 Å². The molecule has 1 nitrogen and oxygen atoms in total. The third-order valence-electron chi connectivity index (χ3n) is 4.20. The van der Waals surface area contributed by atoms with Crippen molar-refractivity contribution in [1.29, 1.82) is 0 Å². The molecule has 1 fully saturated rings. The Hall–Kier alpha value is -0.0400. The molecule has 0 aromatic rings. The van der Waals surface area contributed by atoms with E-state index in [2.05, 4.69) is 34.6 Å². The first kappa shape index (κ1) is 12.0. The van der Waals surface area contributed by atoms with Crippen LogP contribution in [0.15, 0.2) is 0 Å². The van der Waals surface area contributed by atoms with Crippen LogP contribution >= 0.6 is 0 Å². The highest BCUT2D eigenvalue weighted by molar-refractivity contribution is 4.82. The quantitative estimate of drug-likeness (QED) is 0.538. The number of hydrogen-bond acceptors (Lipinski definition) is 0. The maximum absolute atomic E-state index is 2.42. The first-order valence-corrected chi connectivity index (χ1v) is 5.04. The van der Waals surface area contributed by atoms with Crippen molar-refractivity contribution in [3.05, 3.63) is 0 Å². The SMILES string of the molecule is CC1CC(C)C(C)C(C)C1C.O. The molecule has 0 aromatic heterocycles. The smallest absolute Gasteiger partial charge is 0.0386 e. The maximum atomic E-state index is 2.42. The Kier molecular flexibility index (Phi) is 4.25. The summed E-state index contributed by atoms with van der Waals surface area (Å²) in [6.07, 6.45) is 1.44. The fraction of sp³-hybridized carbons (Fsp3) is 1.00. The normalized spacial score (nSPS) is 48.2. The Morgan fingerprint density at radius 2 is 1.00 bits per heavy atom. The van der Waals surface area contributed by atoms with E-state index in [1.807, 2.05) is 0 Å². The maximum Gasteiger partial charge on any atom is -0.0386 e. The van der Waals surface area contributed by atoms with Gasteiger partial charge in [-0.15, -0.1) is 0 Å². The van der Waals surface area contributed by atoms with Gasteiger partial charge in [-0.2, -0.15) is 0 Å². The standard InChI is InChI=1S/C11H22.H2O/c1-7-6-8(2)10(4)11(5)9(7)3;/h7-11H,6H2,1-5H3;1H2. The second kappa shape index (κ2) is 4.27. The second-order valence-electron chi connectivity index (χ2n) is 4.77. The number of rotatable bonds is 0. The molecule has 0 radical (unpaired) electrons. The molecule has 0 aromatic carbocycles. The molecule has 0 spiro atoms. The van der Waals surface area contributed by atoms with E-state index >= 15 is 0 Å². The van der Waals surface area contributed by atoms with Gasteiger partial charge in [0.25, 0.3) is 0 Å². The van der Waals surface area contributed by atoms with Gasteiger partial charge in [0.2, 0.25) is 0 Å². The third-order valence-corrected chi connectivity index (χ3v) is 4.20. The molecule has 0 saturated heterocycles. The van der Waals surface area contributed by atoms with E-state index in [0.717, 1.165) is 29.6 Å². The van der Waals surface area contributed by atoms with Crippen molar-refractivity contribution in [3.63, 3.8) is 0 Å². The van der Waals surface area contributed by atoms with Crippen LogP contribution in [0.4, 0.5) is 0 Å². The molecule has 0 amide bonds. The molecular formula is C11H24O. The zero-order valence-electron chi connectivity index (χ0n) is 9.09. The van der Waals surface area contributed by atoms with Gasteiger partial charge in [0, 0.05) is 0 Å². The van der Waals surface area contributed by atoms with Gasteiger partial charge in [-0.3, -0.25) is 0 Å². The van der Waals surface area contributed by atoms with Crippen molar-refractivity contribution < 1.29 is 5.48 Å². The van der Waals surface area contributed by atoms with Gasteiger partial charge < -0.3 is 5.48 Å². The Bertz CT molecular complexity index is 119. The summed E-state index contributed by atoms with van der Waals surface area (Å²) < 4.78 is 0. The molecule has 1 heteroatoms. The van der Waals surface area contributed by atoms with Crippen molar-refractivity contribution in [2.24, 2.45) is 29.6 Å². The minimum absolute atomic E-state index is 0. The van der Waals surface area contributed by atoms with Gasteiger partial charge in [0.1, 0.15) is 0 Å². The summed E-state index contributed by atoms with van der Waals surface area (Å²) in [5.74, 6) is 4.67. The Balaban J connectivity index is 0.00000121. The first-order valence-electron chi connectivity index (χ1n) is 5.04. The van der Waals surface area contributed by atoms with Gasteiger partial charge in [0.05, 0.1) is 0 Å². The van der Waals surface area contributed by atoms with Crippen LogP contribution in [0.2, 0.25) is 0 Å². The van der Waals surface area contributed by atoms with Gasteiger partial charge in [0.15, 0.2) is 0 Å². The van der Waals surface area contributed by atoms with Crippen LogP contribution in [0.25, 0.3) is 0 Å². The molecular weight excluding hydrogens is 148 g/mol. The average Bonchev–Trinajstić information content (AvgIpc) is 1.97. The summed E-state index contributed by atoms with van der Waals surface area (Å²) in [4.78, 5) is 0. The minimum atomic E-state index is 0. The van der Waals surface area contributed by atoms with Gasteiger partial charge in [-0.05, 0) is 36.0 Å². The molecule has 1 aliphatic carbocycles. The van der Waals surface area contributed by atoms with Crippen LogP contribution < -0.4 is 0 Å². The Morgan fingerprint density at radius 3 is 1.33 bits per heavy atom. The Morgan fingerprint density at radius 1 is 0.667 bits per heavy atom. The van der Waals surface area contributed by atoms with E-state index in [1.54, 1.807) is 0 Å². The highest BCUT2D eigenvalue weighted by Crippen LogP contribution is 2.41. The predicted octanol–water partition coefficient (Wildman–Crippen LogP) is 2.75. The van der Waals surface area contributed by atoms with Gasteiger partial charge in [-0.1, -0.05) is 34.6 Å².